The van der Waals surface area contributed by atoms with Crippen LogP contribution < -0.4 is 10.5 Å². The van der Waals surface area contributed by atoms with Gasteiger partial charge in [-0.2, -0.15) is 0 Å². The van der Waals surface area contributed by atoms with Crippen molar-refractivity contribution in [1.82, 2.24) is 4.90 Å². The lowest BCUT2D eigenvalue weighted by atomic mass is 9.97. The van der Waals surface area contributed by atoms with Crippen molar-refractivity contribution < 1.29 is 9.53 Å². The molecule has 0 aromatic heterocycles. The van der Waals surface area contributed by atoms with Gasteiger partial charge in [0.05, 0.1) is 6.61 Å². The van der Waals surface area contributed by atoms with Gasteiger partial charge < -0.3 is 15.4 Å². The summed E-state index contributed by atoms with van der Waals surface area (Å²) in [6.07, 6.45) is 2.68. The van der Waals surface area contributed by atoms with Crippen molar-refractivity contribution in [3.05, 3.63) is 29.3 Å². The highest BCUT2D eigenvalue weighted by atomic mass is 16.5. The number of rotatable bonds is 1. The van der Waals surface area contributed by atoms with Gasteiger partial charge >= 0.3 is 0 Å². The zero-order valence-corrected chi connectivity index (χ0v) is 11.3. The van der Waals surface area contributed by atoms with Gasteiger partial charge in [-0.3, -0.25) is 4.79 Å². The van der Waals surface area contributed by atoms with Crippen molar-refractivity contribution >= 4 is 5.91 Å². The molecule has 0 unspecified atom stereocenters. The quantitative estimate of drug-likeness (QED) is 0.834. The van der Waals surface area contributed by atoms with Gasteiger partial charge in [-0.15, -0.1) is 0 Å². The molecule has 0 radical (unpaired) electrons. The molecule has 1 amide bonds. The lowest BCUT2D eigenvalue weighted by Crippen LogP contribution is -2.48. The number of nitrogens with zero attached hydrogens (tertiary/aromatic N) is 1. The minimum Gasteiger partial charge on any atom is -0.493 e. The average molecular weight is 260 g/mol. The molecule has 3 rings (SSSR count). The molecule has 1 aromatic carbocycles. The van der Waals surface area contributed by atoms with E-state index in [9.17, 15) is 4.79 Å². The van der Waals surface area contributed by atoms with Crippen LogP contribution in [0.5, 0.6) is 5.75 Å². The number of benzene rings is 1. The third-order valence-electron chi connectivity index (χ3n) is 4.11. The summed E-state index contributed by atoms with van der Waals surface area (Å²) in [6, 6.07) is 6.21. The molecule has 102 valence electrons. The fraction of sp³-hybridized carbons (Fsp3) is 0.533. The molecule has 1 saturated heterocycles. The van der Waals surface area contributed by atoms with E-state index in [-0.39, 0.29) is 18.0 Å². The van der Waals surface area contributed by atoms with Crippen molar-refractivity contribution in [1.29, 1.82) is 0 Å². The van der Waals surface area contributed by atoms with E-state index in [0.717, 1.165) is 49.3 Å². The first-order valence-corrected chi connectivity index (χ1v) is 6.97. The molecule has 0 saturated carbocycles. The van der Waals surface area contributed by atoms with E-state index >= 15 is 0 Å². The number of nitrogens with two attached hydrogens (primary N) is 1. The van der Waals surface area contributed by atoms with Crippen LogP contribution in [0.4, 0.5) is 0 Å². The molecule has 2 aliphatic heterocycles. The Kier molecular flexibility index (Phi) is 3.19. The topological polar surface area (TPSA) is 55.6 Å². The van der Waals surface area contributed by atoms with E-state index in [1.807, 2.05) is 23.1 Å². The Morgan fingerprint density at radius 2 is 2.32 bits per heavy atom. The van der Waals surface area contributed by atoms with E-state index in [2.05, 4.69) is 6.92 Å². The Hall–Kier alpha value is -1.55. The molecule has 19 heavy (non-hydrogen) atoms. The summed E-state index contributed by atoms with van der Waals surface area (Å²) in [5, 5.41) is 0. The molecule has 0 bridgehead atoms. The van der Waals surface area contributed by atoms with Crippen LogP contribution in [0.1, 0.15) is 35.7 Å². The maximum absolute atomic E-state index is 12.6. The molecule has 2 aliphatic rings. The van der Waals surface area contributed by atoms with Gasteiger partial charge in [0.2, 0.25) is 0 Å². The minimum atomic E-state index is 0.120. The standard InChI is InChI=1S/C15H20N2O2/c1-10-8-13(16)4-6-17(10)15(18)12-2-3-14-11(9-12)5-7-19-14/h2-3,9-10,13H,4-8,16H2,1H3/t10-,13+/m0/s1. The predicted molar refractivity (Wildman–Crippen MR) is 73.3 cm³/mol. The molecule has 4 heteroatoms. The number of ether oxygens (including phenoxy) is 1. The fourth-order valence-electron chi connectivity index (χ4n) is 3.00. The van der Waals surface area contributed by atoms with Crippen LogP contribution in [0, 0.1) is 0 Å². The van der Waals surface area contributed by atoms with Gasteiger partial charge in [0.15, 0.2) is 0 Å². The highest BCUT2D eigenvalue weighted by molar-refractivity contribution is 5.95. The molecule has 2 N–H and O–H groups in total. The van der Waals surface area contributed by atoms with E-state index in [4.69, 9.17) is 10.5 Å². The van der Waals surface area contributed by atoms with E-state index < -0.39 is 0 Å². The van der Waals surface area contributed by atoms with Gasteiger partial charge in [-0.25, -0.2) is 0 Å². The lowest BCUT2D eigenvalue weighted by molar-refractivity contribution is 0.0619. The molecule has 2 atom stereocenters. The molecular weight excluding hydrogens is 240 g/mol. The summed E-state index contributed by atoms with van der Waals surface area (Å²) in [5.41, 5.74) is 7.86. The van der Waals surface area contributed by atoms with Crippen LogP contribution in [-0.4, -0.2) is 36.0 Å². The maximum atomic E-state index is 12.6. The number of likely N-dealkylation sites (tertiary alicyclic amines) is 1. The normalized spacial score (nSPS) is 25.9. The second kappa shape index (κ2) is 4.85. The number of hydrogen-bond donors (Lipinski definition) is 1. The molecule has 0 spiro atoms. The van der Waals surface area contributed by atoms with E-state index in [1.54, 1.807) is 0 Å². The second-order valence-electron chi connectivity index (χ2n) is 5.55. The zero-order valence-electron chi connectivity index (χ0n) is 11.3. The van der Waals surface area contributed by atoms with Crippen molar-refractivity contribution in [2.45, 2.75) is 38.3 Å². The number of piperidine rings is 1. The number of hydrogen-bond acceptors (Lipinski definition) is 3. The lowest BCUT2D eigenvalue weighted by Gasteiger charge is -2.36. The Morgan fingerprint density at radius 3 is 3.11 bits per heavy atom. The minimum absolute atomic E-state index is 0.120. The van der Waals surface area contributed by atoms with Crippen LogP contribution >= 0.6 is 0 Å². The molecule has 1 fully saturated rings. The summed E-state index contributed by atoms with van der Waals surface area (Å²) in [5.74, 6) is 1.04. The first-order chi connectivity index (χ1) is 9.15. The number of carbonyl (C=O) groups is 1. The summed E-state index contributed by atoms with van der Waals surface area (Å²) in [7, 11) is 0. The fourth-order valence-corrected chi connectivity index (χ4v) is 3.00. The third-order valence-corrected chi connectivity index (χ3v) is 4.11. The maximum Gasteiger partial charge on any atom is 0.254 e. The van der Waals surface area contributed by atoms with Gasteiger partial charge in [-0.1, -0.05) is 0 Å². The van der Waals surface area contributed by atoms with Crippen molar-refractivity contribution in [3.63, 3.8) is 0 Å². The number of fused-ring (bicyclic) bond motifs is 1. The molecular formula is C15H20N2O2. The monoisotopic (exact) mass is 260 g/mol. The molecule has 2 heterocycles. The van der Waals surface area contributed by atoms with Gasteiger partial charge in [0.1, 0.15) is 5.75 Å². The molecule has 1 aromatic rings. The summed E-state index contributed by atoms with van der Waals surface area (Å²) in [6.45, 7) is 3.56. The van der Waals surface area contributed by atoms with Gasteiger partial charge in [0, 0.05) is 30.6 Å². The Balaban J connectivity index is 1.80. The van der Waals surface area contributed by atoms with Crippen LogP contribution in [0.3, 0.4) is 0 Å². The summed E-state index contributed by atoms with van der Waals surface area (Å²) in [4.78, 5) is 14.5. The van der Waals surface area contributed by atoms with Crippen molar-refractivity contribution in [3.8, 4) is 5.75 Å². The Morgan fingerprint density at radius 1 is 1.47 bits per heavy atom. The first-order valence-electron chi connectivity index (χ1n) is 6.97. The smallest absolute Gasteiger partial charge is 0.254 e. The Labute approximate surface area is 113 Å². The van der Waals surface area contributed by atoms with Crippen LogP contribution in [0.2, 0.25) is 0 Å². The largest absolute Gasteiger partial charge is 0.493 e. The number of amides is 1. The van der Waals surface area contributed by atoms with Crippen LogP contribution in [0.15, 0.2) is 18.2 Å². The molecule has 4 nitrogen and oxygen atoms in total. The predicted octanol–water partition coefficient (Wildman–Crippen LogP) is 1.57. The summed E-state index contributed by atoms with van der Waals surface area (Å²) >= 11 is 0. The van der Waals surface area contributed by atoms with Crippen LogP contribution in [-0.2, 0) is 6.42 Å². The first kappa shape index (κ1) is 12.5. The van der Waals surface area contributed by atoms with E-state index in [1.165, 1.54) is 0 Å². The van der Waals surface area contributed by atoms with Gasteiger partial charge in [0.25, 0.3) is 5.91 Å². The number of carbonyl (C=O) groups excluding carboxylic acids is 1. The second-order valence-corrected chi connectivity index (χ2v) is 5.55. The Bertz CT molecular complexity index is 501. The summed E-state index contributed by atoms with van der Waals surface area (Å²) < 4.78 is 5.47. The average Bonchev–Trinajstić information content (AvgIpc) is 2.85. The van der Waals surface area contributed by atoms with Crippen molar-refractivity contribution in [2.75, 3.05) is 13.2 Å². The van der Waals surface area contributed by atoms with Crippen LogP contribution in [0.25, 0.3) is 0 Å². The van der Waals surface area contributed by atoms with Gasteiger partial charge in [-0.05, 0) is 43.5 Å². The third kappa shape index (κ3) is 2.32. The van der Waals surface area contributed by atoms with E-state index in [0.29, 0.717) is 0 Å². The highest BCUT2D eigenvalue weighted by Gasteiger charge is 2.28. The zero-order chi connectivity index (χ0) is 13.4. The molecule has 0 aliphatic carbocycles. The highest BCUT2D eigenvalue weighted by Crippen LogP contribution is 2.27. The SMILES string of the molecule is C[C@H]1C[C@H](N)CCN1C(=O)c1ccc2c(c1)CCO2. The van der Waals surface area contributed by atoms with Crippen molar-refractivity contribution in [2.24, 2.45) is 5.73 Å².